The van der Waals surface area contributed by atoms with Gasteiger partial charge in [-0.05, 0) is 45.8 Å². The normalized spacial score (nSPS) is 18.9. The fourth-order valence-electron chi connectivity index (χ4n) is 2.59. The summed E-state index contributed by atoms with van der Waals surface area (Å²) in [6.45, 7) is 10.6. The number of esters is 1. The summed E-state index contributed by atoms with van der Waals surface area (Å²) >= 11 is 0. The molecule has 0 aromatic carbocycles. The van der Waals surface area contributed by atoms with Gasteiger partial charge in [-0.2, -0.15) is 0 Å². The molecule has 1 saturated heterocycles. The number of hydrogen-bond donors (Lipinski definition) is 1. The maximum atomic E-state index is 11.7. The van der Waals surface area contributed by atoms with Crippen LogP contribution in [-0.4, -0.2) is 49.7 Å². The molecule has 4 nitrogen and oxygen atoms in total. The second kappa shape index (κ2) is 8.48. The summed E-state index contributed by atoms with van der Waals surface area (Å²) in [4.78, 5) is 14.2. The lowest BCUT2D eigenvalue weighted by molar-refractivity contribution is -0.148. The minimum atomic E-state index is -0.0625. The van der Waals surface area contributed by atoms with Crippen LogP contribution in [0.4, 0.5) is 0 Å². The Morgan fingerprint density at radius 1 is 1.39 bits per heavy atom. The Balaban J connectivity index is 2.47. The average Bonchev–Trinajstić information content (AvgIpc) is 2.39. The Kier molecular flexibility index (Phi) is 7.28. The summed E-state index contributed by atoms with van der Waals surface area (Å²) in [6.07, 6.45) is 3.52. The molecule has 1 atom stereocenters. The molecule has 4 heteroatoms. The molecule has 1 fully saturated rings. The maximum absolute atomic E-state index is 11.7. The Morgan fingerprint density at radius 3 is 2.61 bits per heavy atom. The molecular formula is C14H28N2O2. The monoisotopic (exact) mass is 256 g/mol. The van der Waals surface area contributed by atoms with Crippen LogP contribution in [0.5, 0.6) is 0 Å². The second-order valence-electron chi connectivity index (χ2n) is 5.13. The molecule has 0 aliphatic carbocycles. The summed E-state index contributed by atoms with van der Waals surface area (Å²) in [6, 6.07) is 0.628. The van der Waals surface area contributed by atoms with Crippen molar-refractivity contribution in [1.82, 2.24) is 10.2 Å². The van der Waals surface area contributed by atoms with E-state index in [9.17, 15) is 4.79 Å². The van der Waals surface area contributed by atoms with Crippen LogP contribution in [0.1, 0.15) is 40.0 Å². The van der Waals surface area contributed by atoms with Crippen LogP contribution < -0.4 is 5.32 Å². The highest BCUT2D eigenvalue weighted by atomic mass is 16.5. The van der Waals surface area contributed by atoms with Crippen LogP contribution in [0.25, 0.3) is 0 Å². The predicted molar refractivity (Wildman–Crippen MR) is 73.6 cm³/mol. The molecule has 1 aliphatic heterocycles. The summed E-state index contributed by atoms with van der Waals surface area (Å²) in [7, 11) is 0. The van der Waals surface area contributed by atoms with E-state index >= 15 is 0 Å². The number of hydrogen-bond acceptors (Lipinski definition) is 4. The van der Waals surface area contributed by atoms with Crippen molar-refractivity contribution < 1.29 is 9.53 Å². The third-order valence-corrected chi connectivity index (χ3v) is 3.53. The zero-order chi connectivity index (χ0) is 13.4. The van der Waals surface area contributed by atoms with E-state index in [1.54, 1.807) is 0 Å². The molecule has 1 unspecified atom stereocenters. The first kappa shape index (κ1) is 15.4. The molecule has 0 saturated carbocycles. The number of nitrogens with one attached hydrogen (secondary N) is 1. The fourth-order valence-corrected chi connectivity index (χ4v) is 2.59. The van der Waals surface area contributed by atoms with Gasteiger partial charge in [0.2, 0.25) is 0 Å². The van der Waals surface area contributed by atoms with E-state index in [1.807, 2.05) is 13.8 Å². The lowest BCUT2D eigenvalue weighted by Gasteiger charge is -2.35. The number of carbonyl (C=O) groups is 1. The molecule has 1 aliphatic rings. The van der Waals surface area contributed by atoms with Crippen molar-refractivity contribution in [1.29, 1.82) is 0 Å². The van der Waals surface area contributed by atoms with E-state index in [-0.39, 0.29) is 11.9 Å². The standard InChI is InChI=1S/C14H28N2O2/c1-4-10-16(13-6-8-15-9-7-13)11-12(3)14(17)18-5-2/h12-13,15H,4-11H2,1-3H3. The zero-order valence-electron chi connectivity index (χ0n) is 12.1. The van der Waals surface area contributed by atoms with E-state index in [2.05, 4.69) is 17.1 Å². The van der Waals surface area contributed by atoms with Gasteiger partial charge in [-0.1, -0.05) is 13.8 Å². The Labute approximate surface area is 111 Å². The van der Waals surface area contributed by atoms with Gasteiger partial charge in [-0.15, -0.1) is 0 Å². The minimum absolute atomic E-state index is 0.0219. The van der Waals surface area contributed by atoms with Crippen molar-refractivity contribution in [2.24, 2.45) is 5.92 Å². The van der Waals surface area contributed by atoms with Crippen LogP contribution in [0.15, 0.2) is 0 Å². The number of rotatable bonds is 7. The summed E-state index contributed by atoms with van der Waals surface area (Å²) in [5, 5.41) is 3.39. The molecule has 0 aromatic heterocycles. The summed E-state index contributed by atoms with van der Waals surface area (Å²) < 4.78 is 5.09. The van der Waals surface area contributed by atoms with Crippen LogP contribution in [0, 0.1) is 5.92 Å². The van der Waals surface area contributed by atoms with Crippen LogP contribution in [0.2, 0.25) is 0 Å². The van der Waals surface area contributed by atoms with Gasteiger partial charge in [0.15, 0.2) is 0 Å². The van der Waals surface area contributed by atoms with Gasteiger partial charge >= 0.3 is 5.97 Å². The molecule has 0 aromatic rings. The van der Waals surface area contributed by atoms with Gasteiger partial charge in [0.05, 0.1) is 12.5 Å². The summed E-state index contributed by atoms with van der Waals surface area (Å²) in [5.41, 5.74) is 0. The van der Waals surface area contributed by atoms with Crippen molar-refractivity contribution in [2.75, 3.05) is 32.8 Å². The first-order valence-electron chi connectivity index (χ1n) is 7.30. The van der Waals surface area contributed by atoms with Crippen LogP contribution in [0.3, 0.4) is 0 Å². The molecular weight excluding hydrogens is 228 g/mol. The number of nitrogens with zero attached hydrogens (tertiary/aromatic N) is 1. The van der Waals surface area contributed by atoms with E-state index in [1.165, 1.54) is 12.8 Å². The third-order valence-electron chi connectivity index (χ3n) is 3.53. The molecule has 0 bridgehead atoms. The SMILES string of the molecule is CCCN(CC(C)C(=O)OCC)C1CCNCC1. The highest BCUT2D eigenvalue weighted by molar-refractivity contribution is 5.72. The molecule has 106 valence electrons. The van der Waals surface area contributed by atoms with E-state index < -0.39 is 0 Å². The zero-order valence-corrected chi connectivity index (χ0v) is 12.1. The Morgan fingerprint density at radius 2 is 2.06 bits per heavy atom. The van der Waals surface area contributed by atoms with Crippen molar-refractivity contribution in [3.05, 3.63) is 0 Å². The van der Waals surface area contributed by atoms with Gasteiger partial charge in [0, 0.05) is 12.6 Å². The molecule has 0 spiro atoms. The molecule has 1 N–H and O–H groups in total. The van der Waals surface area contributed by atoms with Crippen LogP contribution in [-0.2, 0) is 9.53 Å². The van der Waals surface area contributed by atoms with Crippen LogP contribution >= 0.6 is 0 Å². The maximum Gasteiger partial charge on any atom is 0.309 e. The van der Waals surface area contributed by atoms with Gasteiger partial charge in [0.25, 0.3) is 0 Å². The second-order valence-corrected chi connectivity index (χ2v) is 5.13. The van der Waals surface area contributed by atoms with Gasteiger partial charge in [0.1, 0.15) is 0 Å². The van der Waals surface area contributed by atoms with E-state index in [4.69, 9.17) is 4.74 Å². The molecule has 0 amide bonds. The molecule has 0 radical (unpaired) electrons. The average molecular weight is 256 g/mol. The van der Waals surface area contributed by atoms with Crippen molar-refractivity contribution in [3.63, 3.8) is 0 Å². The lowest BCUT2D eigenvalue weighted by atomic mass is 10.0. The van der Waals surface area contributed by atoms with Gasteiger partial charge in [-0.25, -0.2) is 0 Å². The van der Waals surface area contributed by atoms with E-state index in [0.717, 1.165) is 32.6 Å². The quantitative estimate of drug-likeness (QED) is 0.703. The van der Waals surface area contributed by atoms with E-state index in [0.29, 0.717) is 12.6 Å². The molecule has 18 heavy (non-hydrogen) atoms. The topological polar surface area (TPSA) is 41.6 Å². The number of carbonyl (C=O) groups excluding carboxylic acids is 1. The Hall–Kier alpha value is -0.610. The Bertz CT molecular complexity index is 240. The van der Waals surface area contributed by atoms with Crippen molar-refractivity contribution in [3.8, 4) is 0 Å². The fraction of sp³-hybridized carbons (Fsp3) is 0.929. The van der Waals surface area contributed by atoms with Gasteiger partial charge in [-0.3, -0.25) is 9.69 Å². The first-order valence-corrected chi connectivity index (χ1v) is 7.30. The largest absolute Gasteiger partial charge is 0.466 e. The highest BCUT2D eigenvalue weighted by Gasteiger charge is 2.24. The predicted octanol–water partition coefficient (Wildman–Crippen LogP) is 1.65. The third kappa shape index (κ3) is 4.94. The van der Waals surface area contributed by atoms with Crippen molar-refractivity contribution >= 4 is 5.97 Å². The number of piperidine rings is 1. The molecule has 1 rings (SSSR count). The first-order chi connectivity index (χ1) is 8.69. The number of ether oxygens (including phenoxy) is 1. The minimum Gasteiger partial charge on any atom is -0.466 e. The molecule has 1 heterocycles. The van der Waals surface area contributed by atoms with Gasteiger partial charge < -0.3 is 10.1 Å². The smallest absolute Gasteiger partial charge is 0.309 e. The summed E-state index contributed by atoms with van der Waals surface area (Å²) in [5.74, 6) is -0.0843. The lowest BCUT2D eigenvalue weighted by Crippen LogP contribution is -2.46. The van der Waals surface area contributed by atoms with Crippen molar-refractivity contribution in [2.45, 2.75) is 46.1 Å². The highest BCUT2D eigenvalue weighted by Crippen LogP contribution is 2.15.